The molecule has 222 valence electrons. The van der Waals surface area contributed by atoms with Crippen LogP contribution < -0.4 is 0 Å². The van der Waals surface area contributed by atoms with Gasteiger partial charge in [0.05, 0.1) is 18.8 Å². The molecule has 6 rings (SSSR count). The topological polar surface area (TPSA) is 66.8 Å². The minimum absolute atomic E-state index is 0.0699. The van der Waals surface area contributed by atoms with E-state index in [0.717, 1.165) is 38.0 Å². The van der Waals surface area contributed by atoms with Crippen molar-refractivity contribution in [1.82, 2.24) is 0 Å². The van der Waals surface area contributed by atoms with Gasteiger partial charge in [0.25, 0.3) is 0 Å². The highest BCUT2D eigenvalue weighted by Gasteiger charge is 2.64. The quantitative estimate of drug-likeness (QED) is 0.342. The minimum atomic E-state index is -0.683. The number of aliphatic hydroxyl groups is 1. The average Bonchev–Trinajstić information content (AvgIpc) is 3.34. The van der Waals surface area contributed by atoms with E-state index in [2.05, 4.69) is 75.4 Å². The smallest absolute Gasteiger partial charge is 0.303 e. The molecular formula is C37H50O4. The maximum Gasteiger partial charge on any atom is 0.303 e. The van der Waals surface area contributed by atoms with Gasteiger partial charge in [-0.05, 0) is 121 Å². The van der Waals surface area contributed by atoms with E-state index >= 15 is 0 Å². The lowest BCUT2D eigenvalue weighted by molar-refractivity contribution is -0.193. The molecule has 0 bridgehead atoms. The first-order valence-corrected chi connectivity index (χ1v) is 16.4. The molecule has 0 aromatic heterocycles. The summed E-state index contributed by atoms with van der Waals surface area (Å²) in [6, 6.07) is 19.4. The van der Waals surface area contributed by atoms with Crippen LogP contribution >= 0.6 is 0 Å². The third-order valence-corrected chi connectivity index (χ3v) is 12.8. The molecule has 0 spiro atoms. The van der Waals surface area contributed by atoms with Crippen LogP contribution in [0.3, 0.4) is 0 Å². The van der Waals surface area contributed by atoms with Gasteiger partial charge < -0.3 is 14.9 Å². The number of benzene rings is 2. The number of carboxylic acids is 1. The molecule has 4 fully saturated rings. The number of rotatable bonds is 8. The van der Waals surface area contributed by atoms with E-state index in [1.54, 1.807) is 0 Å². The third kappa shape index (κ3) is 5.29. The SMILES string of the molecule is C[C@H](CCC(=O)O)[C@H]1CC[C@H]2[C@@H]3CC[C@@H]4C[C@H](O)CC[C@]4(C)[C@H]3C[C@H](OCc3ccc(-c4ccccc4)cc3)[C@]12C. The Balaban J connectivity index is 1.26. The molecule has 4 saturated carbocycles. The fourth-order valence-corrected chi connectivity index (χ4v) is 10.6. The largest absolute Gasteiger partial charge is 0.481 e. The molecule has 0 heterocycles. The lowest BCUT2D eigenvalue weighted by Gasteiger charge is -2.63. The van der Waals surface area contributed by atoms with E-state index in [9.17, 15) is 15.0 Å². The van der Waals surface area contributed by atoms with Gasteiger partial charge in [0.15, 0.2) is 0 Å². The number of hydrogen-bond acceptors (Lipinski definition) is 3. The zero-order valence-corrected chi connectivity index (χ0v) is 25.3. The van der Waals surface area contributed by atoms with E-state index in [1.165, 1.54) is 42.4 Å². The number of ether oxygens (including phenoxy) is 1. The van der Waals surface area contributed by atoms with Crippen LogP contribution in [0.5, 0.6) is 0 Å². The normalized spacial score (nSPS) is 38.9. The highest BCUT2D eigenvalue weighted by Crippen LogP contribution is 2.69. The molecule has 0 amide bonds. The summed E-state index contributed by atoms with van der Waals surface area (Å²) in [6.07, 6.45) is 10.2. The Labute approximate surface area is 246 Å². The summed E-state index contributed by atoms with van der Waals surface area (Å²) in [4.78, 5) is 11.5. The Bertz CT molecular complexity index is 1190. The van der Waals surface area contributed by atoms with Gasteiger partial charge in [0, 0.05) is 6.42 Å². The maximum atomic E-state index is 11.5. The molecule has 0 saturated heterocycles. The van der Waals surface area contributed by atoms with Gasteiger partial charge in [0.1, 0.15) is 0 Å². The van der Waals surface area contributed by atoms with Crippen molar-refractivity contribution in [3.63, 3.8) is 0 Å². The number of aliphatic hydroxyl groups excluding tert-OH is 1. The van der Waals surface area contributed by atoms with Gasteiger partial charge >= 0.3 is 5.97 Å². The van der Waals surface area contributed by atoms with E-state index in [1.807, 2.05) is 0 Å². The molecule has 2 aromatic rings. The Kier molecular flexibility index (Phi) is 8.11. The fraction of sp³-hybridized carbons (Fsp3) is 0.649. The average molecular weight is 559 g/mol. The zero-order valence-electron chi connectivity index (χ0n) is 25.3. The molecule has 4 heteroatoms. The Hall–Kier alpha value is -2.17. The summed E-state index contributed by atoms with van der Waals surface area (Å²) in [7, 11) is 0. The molecule has 0 radical (unpaired) electrons. The van der Waals surface area contributed by atoms with Crippen LogP contribution in [-0.4, -0.2) is 28.4 Å². The fourth-order valence-electron chi connectivity index (χ4n) is 10.6. The van der Waals surface area contributed by atoms with Crippen LogP contribution in [0.1, 0.15) is 90.5 Å². The molecule has 4 aliphatic rings. The van der Waals surface area contributed by atoms with Crippen molar-refractivity contribution in [3.05, 3.63) is 60.2 Å². The van der Waals surface area contributed by atoms with Crippen molar-refractivity contribution in [2.45, 2.75) is 104 Å². The summed E-state index contributed by atoms with van der Waals surface area (Å²) in [5.41, 5.74) is 4.03. The summed E-state index contributed by atoms with van der Waals surface area (Å²) >= 11 is 0. The first-order chi connectivity index (χ1) is 19.7. The second-order valence-corrected chi connectivity index (χ2v) is 14.6. The minimum Gasteiger partial charge on any atom is -0.481 e. The van der Waals surface area contributed by atoms with Crippen molar-refractivity contribution in [1.29, 1.82) is 0 Å². The third-order valence-electron chi connectivity index (χ3n) is 12.8. The van der Waals surface area contributed by atoms with Crippen molar-refractivity contribution in [3.8, 4) is 11.1 Å². The van der Waals surface area contributed by atoms with Crippen molar-refractivity contribution in [2.75, 3.05) is 0 Å². The molecule has 4 nitrogen and oxygen atoms in total. The predicted octanol–water partition coefficient (Wildman–Crippen LogP) is 8.37. The monoisotopic (exact) mass is 558 g/mol. The van der Waals surface area contributed by atoms with Crippen molar-refractivity contribution >= 4 is 5.97 Å². The van der Waals surface area contributed by atoms with Crippen LogP contribution in [-0.2, 0) is 16.1 Å². The molecule has 2 aromatic carbocycles. The summed E-state index contributed by atoms with van der Waals surface area (Å²) in [5, 5.41) is 19.9. The lowest BCUT2D eigenvalue weighted by Crippen LogP contribution is -2.59. The van der Waals surface area contributed by atoms with Gasteiger partial charge in [0.2, 0.25) is 0 Å². The Morgan fingerprint density at radius 2 is 1.66 bits per heavy atom. The lowest BCUT2D eigenvalue weighted by atomic mass is 9.43. The van der Waals surface area contributed by atoms with Crippen LogP contribution in [0.25, 0.3) is 11.1 Å². The molecule has 10 atom stereocenters. The number of hydrogen-bond donors (Lipinski definition) is 2. The highest BCUT2D eigenvalue weighted by molar-refractivity contribution is 5.66. The number of aliphatic carboxylic acids is 1. The van der Waals surface area contributed by atoms with E-state index in [4.69, 9.17) is 4.74 Å². The second kappa shape index (κ2) is 11.5. The van der Waals surface area contributed by atoms with Gasteiger partial charge in [-0.1, -0.05) is 75.4 Å². The van der Waals surface area contributed by atoms with Gasteiger partial charge in [-0.3, -0.25) is 4.79 Å². The Morgan fingerprint density at radius 1 is 0.927 bits per heavy atom. The summed E-state index contributed by atoms with van der Waals surface area (Å²) < 4.78 is 7.07. The van der Waals surface area contributed by atoms with Gasteiger partial charge in [-0.2, -0.15) is 0 Å². The van der Waals surface area contributed by atoms with E-state index in [-0.39, 0.29) is 29.5 Å². The van der Waals surface area contributed by atoms with Crippen molar-refractivity contribution in [2.24, 2.45) is 46.3 Å². The van der Waals surface area contributed by atoms with Crippen molar-refractivity contribution < 1.29 is 19.7 Å². The highest BCUT2D eigenvalue weighted by atomic mass is 16.5. The molecule has 2 N–H and O–H groups in total. The predicted molar refractivity (Wildman–Crippen MR) is 163 cm³/mol. The number of fused-ring (bicyclic) bond motifs is 5. The molecule has 0 aliphatic heterocycles. The second-order valence-electron chi connectivity index (χ2n) is 14.6. The van der Waals surface area contributed by atoms with E-state index < -0.39 is 5.97 Å². The standard InChI is InChI=1S/C37H50O4/c1-24(9-18-35(39)40)31-16-17-32-30-15-14-28-21-29(38)19-20-36(28,2)33(30)22-34(37(31,32)3)41-23-25-10-12-27(13-11-25)26-7-5-4-6-8-26/h4-8,10-13,24,28-34,38H,9,14-23H2,1-3H3,(H,39,40)/t24-,28-,29-,30+,31-,32+,33+,34+,36+,37-/m1/s1. The molecule has 4 aliphatic carbocycles. The van der Waals surface area contributed by atoms with Gasteiger partial charge in [-0.15, -0.1) is 0 Å². The molecular weight excluding hydrogens is 508 g/mol. The van der Waals surface area contributed by atoms with Crippen LogP contribution in [0.15, 0.2) is 54.6 Å². The summed E-state index contributed by atoms with van der Waals surface area (Å²) in [5.74, 6) is 2.81. The van der Waals surface area contributed by atoms with Crippen LogP contribution in [0.4, 0.5) is 0 Å². The van der Waals surface area contributed by atoms with Crippen LogP contribution in [0, 0.1) is 46.3 Å². The summed E-state index contributed by atoms with van der Waals surface area (Å²) in [6.45, 7) is 7.98. The Morgan fingerprint density at radius 3 is 2.39 bits per heavy atom. The van der Waals surface area contributed by atoms with Gasteiger partial charge in [-0.25, -0.2) is 0 Å². The van der Waals surface area contributed by atoms with Crippen LogP contribution in [0.2, 0.25) is 0 Å². The molecule has 0 unspecified atom stereocenters. The zero-order chi connectivity index (χ0) is 28.8. The number of carboxylic acid groups (broad SMARTS) is 1. The maximum absolute atomic E-state index is 11.5. The first-order valence-electron chi connectivity index (χ1n) is 16.4. The van der Waals surface area contributed by atoms with E-state index in [0.29, 0.717) is 36.2 Å². The molecule has 41 heavy (non-hydrogen) atoms. The number of carbonyl (C=O) groups is 1. The first kappa shape index (κ1) is 28.9.